The van der Waals surface area contributed by atoms with Gasteiger partial charge in [0.1, 0.15) is 17.3 Å². The minimum Gasteiger partial charge on any atom is -0.508 e. The largest absolute Gasteiger partial charge is 0.508 e. The van der Waals surface area contributed by atoms with Gasteiger partial charge in [0, 0.05) is 12.8 Å². The van der Waals surface area contributed by atoms with Crippen molar-refractivity contribution in [1.29, 1.82) is 0 Å². The molecule has 0 heterocycles. The number of para-hydroxylation sites is 1. The first-order valence-corrected chi connectivity index (χ1v) is 8.91. The molecule has 0 aliphatic carbocycles. The summed E-state index contributed by atoms with van der Waals surface area (Å²) in [6, 6.07) is 20.5. The second-order valence-electron chi connectivity index (χ2n) is 6.41. The molecule has 138 valence electrons. The Morgan fingerprint density at radius 3 is 2.26 bits per heavy atom. The number of hydrogen-bond donors (Lipinski definition) is 1. The smallest absolute Gasteiger partial charge is 0.165 e. The lowest BCUT2D eigenvalue weighted by Crippen LogP contribution is -2.03. The van der Waals surface area contributed by atoms with Crippen LogP contribution in [-0.2, 0) is 17.6 Å². The second-order valence-corrected chi connectivity index (χ2v) is 6.41. The molecule has 0 saturated carbocycles. The summed E-state index contributed by atoms with van der Waals surface area (Å²) >= 11 is 0. The van der Waals surface area contributed by atoms with Crippen LogP contribution in [0.5, 0.6) is 17.2 Å². The number of benzene rings is 3. The van der Waals surface area contributed by atoms with Crippen LogP contribution in [0.1, 0.15) is 24.0 Å². The quantitative estimate of drug-likeness (QED) is 0.577. The lowest BCUT2D eigenvalue weighted by atomic mass is 10.0. The Morgan fingerprint density at radius 2 is 1.56 bits per heavy atom. The summed E-state index contributed by atoms with van der Waals surface area (Å²) in [5.74, 6) is 0.764. The van der Waals surface area contributed by atoms with E-state index in [1.165, 1.54) is 6.07 Å². The van der Waals surface area contributed by atoms with Gasteiger partial charge in [0.05, 0.1) is 0 Å². The molecule has 0 radical (unpaired) electrons. The van der Waals surface area contributed by atoms with Gasteiger partial charge in [0.25, 0.3) is 0 Å². The van der Waals surface area contributed by atoms with E-state index in [1.54, 1.807) is 54.6 Å². The van der Waals surface area contributed by atoms with Crippen LogP contribution in [0.3, 0.4) is 0 Å². The van der Waals surface area contributed by atoms with Crippen LogP contribution in [-0.4, -0.2) is 10.9 Å². The molecule has 3 aromatic carbocycles. The van der Waals surface area contributed by atoms with E-state index in [9.17, 15) is 14.3 Å². The van der Waals surface area contributed by atoms with E-state index in [1.807, 2.05) is 12.1 Å². The molecule has 1 N–H and O–H groups in total. The number of hydrogen-bond acceptors (Lipinski definition) is 3. The van der Waals surface area contributed by atoms with E-state index in [2.05, 4.69) is 0 Å². The zero-order valence-electron chi connectivity index (χ0n) is 14.9. The number of aryl methyl sites for hydroxylation is 1. The number of phenolic OH excluding ortho intramolecular Hbond substituents is 1. The molecule has 3 rings (SSSR count). The molecular weight excluding hydrogens is 343 g/mol. The van der Waals surface area contributed by atoms with Gasteiger partial charge in [-0.2, -0.15) is 0 Å². The van der Waals surface area contributed by atoms with Crippen LogP contribution in [0, 0.1) is 5.82 Å². The predicted molar refractivity (Wildman–Crippen MR) is 103 cm³/mol. The first-order chi connectivity index (χ1) is 13.1. The van der Waals surface area contributed by atoms with Gasteiger partial charge in [-0.3, -0.25) is 4.79 Å². The molecule has 0 aliphatic rings. The fourth-order valence-electron chi connectivity index (χ4n) is 2.80. The fraction of sp³-hybridized carbons (Fsp3) is 0.174. The highest BCUT2D eigenvalue weighted by Crippen LogP contribution is 2.24. The van der Waals surface area contributed by atoms with E-state index in [0.29, 0.717) is 18.6 Å². The van der Waals surface area contributed by atoms with Crippen molar-refractivity contribution in [2.45, 2.75) is 25.7 Å². The summed E-state index contributed by atoms with van der Waals surface area (Å²) in [6.45, 7) is 0. The lowest BCUT2D eigenvalue weighted by Gasteiger charge is -2.07. The summed E-state index contributed by atoms with van der Waals surface area (Å²) in [6.07, 6.45) is 2.45. The molecule has 0 unspecified atom stereocenters. The minimum absolute atomic E-state index is 0.181. The molecule has 0 fully saturated rings. The van der Waals surface area contributed by atoms with Gasteiger partial charge >= 0.3 is 0 Å². The molecule has 3 nitrogen and oxygen atoms in total. The van der Waals surface area contributed by atoms with E-state index in [-0.39, 0.29) is 17.3 Å². The molecule has 0 bridgehead atoms. The average molecular weight is 364 g/mol. The van der Waals surface area contributed by atoms with E-state index in [4.69, 9.17) is 4.74 Å². The average Bonchev–Trinajstić information content (AvgIpc) is 2.67. The Balaban J connectivity index is 1.45. The van der Waals surface area contributed by atoms with Crippen molar-refractivity contribution in [3.63, 3.8) is 0 Å². The van der Waals surface area contributed by atoms with Gasteiger partial charge < -0.3 is 9.84 Å². The lowest BCUT2D eigenvalue weighted by molar-refractivity contribution is -0.118. The SMILES string of the molecule is O=C(CCCc1ccc(Oc2ccccc2F)cc1)Cc1ccc(O)cc1. The summed E-state index contributed by atoms with van der Waals surface area (Å²) < 4.78 is 19.1. The van der Waals surface area contributed by atoms with Crippen LogP contribution in [0.2, 0.25) is 0 Å². The number of carbonyl (C=O) groups excluding carboxylic acids is 1. The van der Waals surface area contributed by atoms with Crippen LogP contribution < -0.4 is 4.74 Å². The molecule has 0 aromatic heterocycles. The van der Waals surface area contributed by atoms with Gasteiger partial charge in [-0.05, 0) is 60.4 Å². The summed E-state index contributed by atoms with van der Waals surface area (Å²) in [5.41, 5.74) is 2.01. The van der Waals surface area contributed by atoms with E-state index in [0.717, 1.165) is 24.0 Å². The Bertz CT molecular complexity index is 886. The molecule has 0 amide bonds. The minimum atomic E-state index is -0.395. The van der Waals surface area contributed by atoms with Gasteiger partial charge in [-0.15, -0.1) is 0 Å². The number of aromatic hydroxyl groups is 1. The predicted octanol–water partition coefficient (Wildman–Crippen LogP) is 5.46. The van der Waals surface area contributed by atoms with Crippen molar-refractivity contribution >= 4 is 5.78 Å². The second kappa shape index (κ2) is 8.99. The highest BCUT2D eigenvalue weighted by Gasteiger charge is 2.06. The molecule has 0 saturated heterocycles. The Hall–Kier alpha value is -3.14. The van der Waals surface area contributed by atoms with Crippen LogP contribution in [0.25, 0.3) is 0 Å². The number of phenols is 1. The Kier molecular flexibility index (Phi) is 6.21. The maximum absolute atomic E-state index is 13.6. The third kappa shape index (κ3) is 5.68. The maximum Gasteiger partial charge on any atom is 0.165 e. The molecule has 0 aliphatic heterocycles. The molecule has 27 heavy (non-hydrogen) atoms. The van der Waals surface area contributed by atoms with Crippen molar-refractivity contribution in [3.8, 4) is 17.2 Å². The van der Waals surface area contributed by atoms with E-state index < -0.39 is 5.82 Å². The summed E-state index contributed by atoms with van der Waals surface area (Å²) in [4.78, 5) is 12.1. The molecule has 0 spiro atoms. The van der Waals surface area contributed by atoms with Crippen molar-refractivity contribution in [3.05, 3.63) is 89.7 Å². The summed E-state index contributed by atoms with van der Waals surface area (Å²) in [7, 11) is 0. The van der Waals surface area contributed by atoms with Crippen LogP contribution in [0.15, 0.2) is 72.8 Å². The molecule has 4 heteroatoms. The fourth-order valence-corrected chi connectivity index (χ4v) is 2.80. The first kappa shape index (κ1) is 18.6. The van der Waals surface area contributed by atoms with Crippen molar-refractivity contribution in [1.82, 2.24) is 0 Å². The zero-order valence-corrected chi connectivity index (χ0v) is 14.9. The zero-order chi connectivity index (χ0) is 19.1. The van der Waals surface area contributed by atoms with Crippen LogP contribution in [0.4, 0.5) is 4.39 Å². The monoisotopic (exact) mass is 364 g/mol. The number of ketones is 1. The Labute approximate surface area is 158 Å². The number of carbonyl (C=O) groups is 1. The van der Waals surface area contributed by atoms with E-state index >= 15 is 0 Å². The van der Waals surface area contributed by atoms with Gasteiger partial charge in [0.15, 0.2) is 11.6 Å². The highest BCUT2D eigenvalue weighted by atomic mass is 19.1. The normalized spacial score (nSPS) is 10.6. The van der Waals surface area contributed by atoms with Gasteiger partial charge in [-0.1, -0.05) is 36.4 Å². The highest BCUT2D eigenvalue weighted by molar-refractivity contribution is 5.80. The van der Waals surface area contributed by atoms with Gasteiger partial charge in [-0.25, -0.2) is 4.39 Å². The molecule has 3 aromatic rings. The maximum atomic E-state index is 13.6. The summed E-state index contributed by atoms with van der Waals surface area (Å²) in [5, 5.41) is 9.26. The third-order valence-corrected chi connectivity index (χ3v) is 4.25. The third-order valence-electron chi connectivity index (χ3n) is 4.25. The van der Waals surface area contributed by atoms with Crippen molar-refractivity contribution in [2.24, 2.45) is 0 Å². The first-order valence-electron chi connectivity index (χ1n) is 8.91. The number of Topliss-reactive ketones (excluding diaryl/α,β-unsaturated/α-hetero) is 1. The molecular formula is C23H21FO3. The number of ether oxygens (including phenoxy) is 1. The molecule has 0 atom stereocenters. The Morgan fingerprint density at radius 1 is 0.889 bits per heavy atom. The van der Waals surface area contributed by atoms with Gasteiger partial charge in [0.2, 0.25) is 0 Å². The number of halogens is 1. The van der Waals surface area contributed by atoms with Crippen molar-refractivity contribution in [2.75, 3.05) is 0 Å². The van der Waals surface area contributed by atoms with Crippen molar-refractivity contribution < 1.29 is 19.0 Å². The van der Waals surface area contributed by atoms with Crippen LogP contribution >= 0.6 is 0 Å². The number of rotatable bonds is 8. The topological polar surface area (TPSA) is 46.5 Å². The standard InChI is InChI=1S/C23H21FO3/c24-22-6-1-2-7-23(22)27-21-14-10-17(11-15-21)4-3-5-20(26)16-18-8-12-19(25)13-9-18/h1-2,6-15,25H,3-5,16H2.